The van der Waals surface area contributed by atoms with Crippen molar-refractivity contribution in [1.29, 1.82) is 0 Å². The lowest BCUT2D eigenvalue weighted by Gasteiger charge is -2.25. The first-order valence-corrected chi connectivity index (χ1v) is 11.5. The van der Waals surface area contributed by atoms with E-state index in [0.29, 0.717) is 35.8 Å². The molecular weight excluding hydrogens is 406 g/mol. The molecule has 29 heavy (non-hydrogen) atoms. The number of aryl methyl sites for hydroxylation is 1. The molecule has 4 rings (SSSR count). The van der Waals surface area contributed by atoms with E-state index < -0.39 is 10.4 Å². The fourth-order valence-corrected chi connectivity index (χ4v) is 5.20. The first-order valence-electron chi connectivity index (χ1n) is 9.69. The Morgan fingerprint density at radius 1 is 1.03 bits per heavy atom. The van der Waals surface area contributed by atoms with Crippen LogP contribution in [0.4, 0.5) is 0 Å². The summed E-state index contributed by atoms with van der Waals surface area (Å²) in [5.41, 5.74) is 3.81. The highest BCUT2D eigenvalue weighted by Crippen LogP contribution is 2.30. The average Bonchev–Trinajstić information content (AvgIpc) is 2.97. The Labute approximate surface area is 177 Å². The second-order valence-corrected chi connectivity index (χ2v) is 9.37. The monoisotopic (exact) mass is 427 g/mol. The molecule has 1 aromatic heterocycles. The van der Waals surface area contributed by atoms with Gasteiger partial charge in [-0.25, -0.2) is 9.97 Å². The minimum Gasteiger partial charge on any atom is -0.593 e. The van der Waals surface area contributed by atoms with E-state index in [1.54, 1.807) is 28.6 Å². The molecule has 0 amide bonds. The fourth-order valence-electron chi connectivity index (χ4n) is 3.62. The fraction of sp³-hybridized carbons (Fsp3) is 0.273. The molecule has 0 radical (unpaired) electrons. The maximum Gasteiger partial charge on any atom is 0.175 e. The first-order chi connectivity index (χ1) is 14.0. The first kappa shape index (κ1) is 20.2. The number of rotatable bonds is 4. The summed E-state index contributed by atoms with van der Waals surface area (Å²) in [6.45, 7) is 2.83. The summed E-state index contributed by atoms with van der Waals surface area (Å²) < 4.78 is 27.7. The quantitative estimate of drug-likeness (QED) is 0.580. The Hall–Kier alpha value is -2.12. The predicted molar refractivity (Wildman–Crippen MR) is 114 cm³/mol. The maximum atomic E-state index is 13.1. The van der Waals surface area contributed by atoms with Gasteiger partial charge in [0.2, 0.25) is 0 Å². The van der Waals surface area contributed by atoms with Crippen LogP contribution in [0.1, 0.15) is 24.0 Å². The number of hydrogen-bond donors (Lipinski definition) is 0. The number of benzene rings is 2. The van der Waals surface area contributed by atoms with Crippen LogP contribution in [-0.4, -0.2) is 31.9 Å². The van der Waals surface area contributed by atoms with E-state index in [4.69, 9.17) is 21.6 Å². The lowest BCUT2D eigenvalue weighted by molar-refractivity contribution is 0.363. The zero-order valence-electron chi connectivity index (χ0n) is 16.2. The van der Waals surface area contributed by atoms with E-state index in [1.807, 2.05) is 37.3 Å². The zero-order chi connectivity index (χ0) is 20.4. The van der Waals surface area contributed by atoms with Crippen LogP contribution >= 0.6 is 11.6 Å². The Kier molecular flexibility index (Phi) is 5.79. The summed E-state index contributed by atoms with van der Waals surface area (Å²) in [6.07, 6.45) is 1.86. The third kappa shape index (κ3) is 4.12. The lowest BCUT2D eigenvalue weighted by atomic mass is 10.0. The van der Waals surface area contributed by atoms with E-state index in [1.165, 1.54) is 0 Å². The van der Waals surface area contributed by atoms with Gasteiger partial charge in [0, 0.05) is 47.8 Å². The molecule has 0 saturated carbocycles. The number of fused-ring (bicyclic) bond motifs is 1. The Morgan fingerprint density at radius 3 is 2.41 bits per heavy atom. The molecule has 1 atom stereocenters. The van der Waals surface area contributed by atoms with Crippen molar-refractivity contribution >= 4 is 22.0 Å². The minimum absolute atomic E-state index is 0.323. The van der Waals surface area contributed by atoms with Crippen molar-refractivity contribution < 1.29 is 8.76 Å². The standard InChI is InChI=1S/C22H22ClN3O2S/c1-2-21-24-20-13-15-26(29(27,28)18-6-4-3-5-7-18)14-12-19(20)22(25-21)16-8-10-17(23)11-9-16/h3-11H,2,12-15H2,1H3. The van der Waals surface area contributed by atoms with Crippen LogP contribution in [0.25, 0.3) is 11.3 Å². The smallest absolute Gasteiger partial charge is 0.175 e. The van der Waals surface area contributed by atoms with Gasteiger partial charge in [-0.05, 0) is 30.7 Å². The van der Waals surface area contributed by atoms with Gasteiger partial charge in [-0.15, -0.1) is 4.31 Å². The predicted octanol–water partition coefficient (Wildman–Crippen LogP) is 4.36. The van der Waals surface area contributed by atoms with Crippen LogP contribution in [-0.2, 0) is 33.9 Å². The Bertz CT molecular complexity index is 1060. The van der Waals surface area contributed by atoms with Crippen molar-refractivity contribution in [3.8, 4) is 11.3 Å². The lowest BCUT2D eigenvalue weighted by Crippen LogP contribution is -2.38. The average molecular weight is 428 g/mol. The second-order valence-electron chi connectivity index (χ2n) is 6.99. The molecule has 2 aromatic carbocycles. The van der Waals surface area contributed by atoms with Gasteiger partial charge in [0.1, 0.15) is 5.82 Å². The van der Waals surface area contributed by atoms with Gasteiger partial charge in [-0.1, -0.05) is 53.1 Å². The van der Waals surface area contributed by atoms with E-state index in [0.717, 1.165) is 34.8 Å². The molecular formula is C22H22ClN3O2S. The van der Waals surface area contributed by atoms with E-state index >= 15 is 0 Å². The number of halogens is 1. The molecule has 1 unspecified atom stereocenters. The maximum absolute atomic E-state index is 13.1. The number of sulfonamides is 1. The Balaban J connectivity index is 1.70. The molecule has 0 saturated heterocycles. The van der Waals surface area contributed by atoms with Gasteiger partial charge in [0.25, 0.3) is 0 Å². The highest BCUT2D eigenvalue weighted by atomic mass is 35.5. The zero-order valence-corrected chi connectivity index (χ0v) is 17.7. The van der Waals surface area contributed by atoms with Crippen LogP contribution < -0.4 is 0 Å². The molecule has 0 spiro atoms. The summed E-state index contributed by atoms with van der Waals surface area (Å²) in [6, 6.07) is 16.2. The van der Waals surface area contributed by atoms with Gasteiger partial charge in [0.15, 0.2) is 15.3 Å². The molecule has 1 aliphatic heterocycles. The topological polar surface area (TPSA) is 69.2 Å². The van der Waals surface area contributed by atoms with Gasteiger partial charge >= 0.3 is 0 Å². The summed E-state index contributed by atoms with van der Waals surface area (Å²) in [4.78, 5) is 9.82. The summed E-state index contributed by atoms with van der Waals surface area (Å²) >= 11 is 6.05. The minimum atomic E-state index is -3.53. The van der Waals surface area contributed by atoms with E-state index in [9.17, 15) is 8.76 Å². The van der Waals surface area contributed by atoms with Crippen molar-refractivity contribution in [3.05, 3.63) is 76.7 Å². The molecule has 3 aromatic rings. The molecule has 0 aliphatic carbocycles. The number of nitrogens with zero attached hydrogens (tertiary/aromatic N) is 3. The van der Waals surface area contributed by atoms with Gasteiger partial charge in [0.05, 0.1) is 5.69 Å². The normalized spacial score (nSPS) is 16.7. The molecule has 0 bridgehead atoms. The molecule has 7 heteroatoms. The molecule has 150 valence electrons. The number of aromatic nitrogens is 2. The number of hydrogen-bond acceptors (Lipinski definition) is 4. The second kappa shape index (κ2) is 8.32. The van der Waals surface area contributed by atoms with E-state index in [-0.39, 0.29) is 0 Å². The molecule has 1 aliphatic rings. The molecule has 2 heterocycles. The van der Waals surface area contributed by atoms with Gasteiger partial charge in [-0.2, -0.15) is 0 Å². The van der Waals surface area contributed by atoms with Gasteiger partial charge < -0.3 is 4.55 Å². The van der Waals surface area contributed by atoms with Gasteiger partial charge in [-0.3, -0.25) is 0 Å². The van der Waals surface area contributed by atoms with Crippen molar-refractivity contribution in [2.75, 3.05) is 13.1 Å². The van der Waals surface area contributed by atoms with E-state index in [2.05, 4.69) is 0 Å². The van der Waals surface area contributed by atoms with Crippen LogP contribution in [0.3, 0.4) is 0 Å². The van der Waals surface area contributed by atoms with Crippen LogP contribution in [0.5, 0.6) is 0 Å². The summed E-state index contributed by atoms with van der Waals surface area (Å²) in [7, 11) is -3.53. The third-order valence-electron chi connectivity index (χ3n) is 5.16. The van der Waals surface area contributed by atoms with Crippen molar-refractivity contribution in [2.24, 2.45) is 0 Å². The Morgan fingerprint density at radius 2 is 1.72 bits per heavy atom. The van der Waals surface area contributed by atoms with Crippen molar-refractivity contribution in [3.63, 3.8) is 0 Å². The highest BCUT2D eigenvalue weighted by molar-refractivity contribution is 7.95. The summed E-state index contributed by atoms with van der Waals surface area (Å²) in [5, 5.41) is 0.671. The SMILES string of the molecule is CCc1nc2c(c(-c3ccc(Cl)cc3)n1)CCN([S+](=O)([O-])c1ccccc1)CC2. The summed E-state index contributed by atoms with van der Waals surface area (Å²) in [5.74, 6) is 0.771. The largest absolute Gasteiger partial charge is 0.593 e. The van der Waals surface area contributed by atoms with Crippen LogP contribution in [0, 0.1) is 0 Å². The third-order valence-corrected chi connectivity index (χ3v) is 7.33. The highest BCUT2D eigenvalue weighted by Gasteiger charge is 2.32. The molecule has 5 nitrogen and oxygen atoms in total. The molecule has 0 fully saturated rings. The van der Waals surface area contributed by atoms with Crippen LogP contribution in [0.15, 0.2) is 59.5 Å². The molecule has 0 N–H and O–H groups in total. The van der Waals surface area contributed by atoms with Crippen molar-refractivity contribution in [1.82, 2.24) is 14.3 Å². The van der Waals surface area contributed by atoms with Crippen LogP contribution in [0.2, 0.25) is 5.02 Å². The van der Waals surface area contributed by atoms with Crippen molar-refractivity contribution in [2.45, 2.75) is 31.1 Å².